The summed E-state index contributed by atoms with van der Waals surface area (Å²) in [7, 11) is 1.24. The molecule has 5 nitrogen and oxygen atoms in total. The van der Waals surface area contributed by atoms with Crippen LogP contribution in [0.25, 0.3) is 0 Å². The van der Waals surface area contributed by atoms with Gasteiger partial charge in [-0.2, -0.15) is 0 Å². The van der Waals surface area contributed by atoms with Crippen LogP contribution in [0.15, 0.2) is 0 Å². The third-order valence-corrected chi connectivity index (χ3v) is 3.32. The summed E-state index contributed by atoms with van der Waals surface area (Å²) < 4.78 is 30.4. The minimum atomic E-state index is -2.69. The number of hydrogen-bond acceptors (Lipinski definition) is 5. The Hall–Kier alpha value is -0.460. The van der Waals surface area contributed by atoms with Crippen molar-refractivity contribution in [2.75, 3.05) is 7.11 Å². The zero-order valence-corrected chi connectivity index (χ0v) is 9.67. The first-order chi connectivity index (χ1) is 7.00. The van der Waals surface area contributed by atoms with Crippen molar-refractivity contribution < 1.29 is 22.5 Å². The van der Waals surface area contributed by atoms with Gasteiger partial charge in [-0.1, -0.05) is 6.92 Å². The molecule has 0 aromatic carbocycles. The lowest BCUT2D eigenvalue weighted by Gasteiger charge is -2.36. The van der Waals surface area contributed by atoms with Gasteiger partial charge in [0.15, 0.2) is 5.60 Å². The molecule has 0 spiro atoms. The van der Waals surface area contributed by atoms with Crippen LogP contribution >= 0.6 is 0 Å². The average molecular weight is 235 g/mol. The van der Waals surface area contributed by atoms with E-state index in [2.05, 4.69) is 11.7 Å². The lowest BCUT2D eigenvalue weighted by molar-refractivity contribution is -0.162. The van der Waals surface area contributed by atoms with Crippen LogP contribution in [0.3, 0.4) is 0 Å². The highest BCUT2D eigenvalue weighted by Gasteiger charge is 2.44. The average Bonchev–Trinajstić information content (AvgIpc) is 2.20. The van der Waals surface area contributed by atoms with Crippen LogP contribution in [-0.2, 0) is 25.1 Å². The molecule has 15 heavy (non-hydrogen) atoms. The molecule has 0 aromatic rings. The highest BCUT2D eigenvalue weighted by molar-refractivity contribution is 7.74. The first-order valence-corrected chi connectivity index (χ1v) is 5.87. The molecule has 0 amide bonds. The summed E-state index contributed by atoms with van der Waals surface area (Å²) in [4.78, 5) is 11.5. The first kappa shape index (κ1) is 12.6. The molecule has 0 heterocycles. The number of carbonyl (C=O) groups excluding carboxylic acids is 1. The maximum atomic E-state index is 11.5. The molecule has 1 atom stereocenters. The number of hydrogen-bond donors (Lipinski definition) is 0. The van der Waals surface area contributed by atoms with Gasteiger partial charge in [0.1, 0.15) is 0 Å². The van der Waals surface area contributed by atoms with Gasteiger partial charge in [-0.05, 0) is 31.6 Å². The van der Waals surface area contributed by atoms with Gasteiger partial charge in [0, 0.05) is 0 Å². The summed E-state index contributed by atoms with van der Waals surface area (Å²) in [5.41, 5.74) is -1.28. The summed E-state index contributed by atoms with van der Waals surface area (Å²) in [5.74, 6) is -0.106. The normalized spacial score (nSPS) is 33.4. The Bertz CT molecular complexity index is 257. The Morgan fingerprint density at radius 1 is 1.47 bits per heavy atom. The summed E-state index contributed by atoms with van der Waals surface area (Å²) >= 11 is -2.69. The molecule has 0 N–H and O–H groups in total. The second kappa shape index (κ2) is 5.05. The number of methoxy groups -OCH3 is 1. The van der Waals surface area contributed by atoms with Gasteiger partial charge in [-0.3, -0.25) is 4.18 Å². The van der Waals surface area contributed by atoms with Gasteiger partial charge >= 0.3 is 5.97 Å². The third kappa shape index (κ3) is 2.99. The number of carbonyl (C=O) groups is 1. The van der Waals surface area contributed by atoms with E-state index in [1.54, 1.807) is 0 Å². The molecule has 0 aromatic heterocycles. The predicted molar refractivity (Wildman–Crippen MR) is 52.4 cm³/mol. The van der Waals surface area contributed by atoms with Gasteiger partial charge in [-0.25, -0.2) is 9.00 Å². The second-order valence-corrected chi connectivity index (χ2v) is 4.53. The summed E-state index contributed by atoms with van der Waals surface area (Å²) in [6.07, 6.45) is 2.34. The van der Waals surface area contributed by atoms with E-state index >= 15 is 0 Å². The molecule has 6 heteroatoms. The van der Waals surface area contributed by atoms with Crippen molar-refractivity contribution in [3.8, 4) is 0 Å². The van der Waals surface area contributed by atoms with E-state index in [-0.39, 0.29) is 0 Å². The van der Waals surface area contributed by atoms with E-state index in [0.29, 0.717) is 18.8 Å². The third-order valence-electron chi connectivity index (χ3n) is 2.87. The van der Waals surface area contributed by atoms with E-state index in [1.807, 2.05) is 0 Å². The van der Waals surface area contributed by atoms with E-state index in [9.17, 15) is 13.6 Å². The molecule has 0 radical (unpaired) electrons. The molecular weight excluding hydrogens is 220 g/mol. The van der Waals surface area contributed by atoms with Crippen molar-refractivity contribution in [1.82, 2.24) is 0 Å². The highest BCUT2D eigenvalue weighted by atomic mass is 32.2. The molecule has 1 fully saturated rings. The molecule has 0 aliphatic heterocycles. The van der Waals surface area contributed by atoms with Crippen molar-refractivity contribution in [2.45, 2.75) is 38.2 Å². The van der Waals surface area contributed by atoms with E-state index in [1.165, 1.54) is 7.11 Å². The van der Waals surface area contributed by atoms with Crippen LogP contribution < -0.4 is 0 Å². The standard InChI is InChI=1S/C9H16O5S/c1-7-3-5-9(6-4-7,8(10)13-2)14-15(11)12/h7H,3-6H2,1-2H3,(H,11,12)/p-1. The molecule has 88 valence electrons. The molecule has 1 aliphatic rings. The van der Waals surface area contributed by atoms with Crippen LogP contribution in [0.2, 0.25) is 0 Å². The van der Waals surface area contributed by atoms with Crippen LogP contribution in [0, 0.1) is 5.92 Å². The summed E-state index contributed by atoms with van der Waals surface area (Å²) in [6.45, 7) is 2.06. The van der Waals surface area contributed by atoms with Crippen molar-refractivity contribution in [3.05, 3.63) is 0 Å². The predicted octanol–water partition coefficient (Wildman–Crippen LogP) is 0.919. The SMILES string of the molecule is COC(=O)C1(OS(=O)[O-])CCC(C)CC1. The maximum absolute atomic E-state index is 11.5. The van der Waals surface area contributed by atoms with E-state index in [0.717, 1.165) is 12.8 Å². The lowest BCUT2D eigenvalue weighted by Crippen LogP contribution is -2.45. The topological polar surface area (TPSA) is 75.7 Å². The Labute approximate surface area is 91.6 Å². The van der Waals surface area contributed by atoms with E-state index in [4.69, 9.17) is 4.18 Å². The summed E-state index contributed by atoms with van der Waals surface area (Å²) in [6, 6.07) is 0. The molecule has 1 unspecified atom stereocenters. The number of ether oxygens (including phenoxy) is 1. The fourth-order valence-electron chi connectivity index (χ4n) is 1.87. The maximum Gasteiger partial charge on any atom is 0.339 e. The van der Waals surface area contributed by atoms with Gasteiger partial charge < -0.3 is 9.29 Å². The number of rotatable bonds is 3. The van der Waals surface area contributed by atoms with E-state index < -0.39 is 22.9 Å². The monoisotopic (exact) mass is 235 g/mol. The Morgan fingerprint density at radius 3 is 2.40 bits per heavy atom. The van der Waals surface area contributed by atoms with Gasteiger partial charge in [0.2, 0.25) is 0 Å². The van der Waals surface area contributed by atoms with Crippen molar-refractivity contribution >= 4 is 17.3 Å². The van der Waals surface area contributed by atoms with Gasteiger partial charge in [0.05, 0.1) is 18.5 Å². The van der Waals surface area contributed by atoms with Crippen LogP contribution in [-0.4, -0.2) is 27.4 Å². The minimum absolute atomic E-state index is 0.398. The molecule has 1 saturated carbocycles. The quantitative estimate of drug-likeness (QED) is 0.537. The van der Waals surface area contributed by atoms with Crippen LogP contribution in [0.1, 0.15) is 32.6 Å². The Kier molecular flexibility index (Phi) is 4.24. The zero-order valence-electron chi connectivity index (χ0n) is 8.86. The second-order valence-electron chi connectivity index (χ2n) is 3.96. The largest absolute Gasteiger partial charge is 0.750 e. The molecule has 1 aliphatic carbocycles. The highest BCUT2D eigenvalue weighted by Crippen LogP contribution is 2.36. The van der Waals surface area contributed by atoms with Crippen LogP contribution in [0.4, 0.5) is 0 Å². The van der Waals surface area contributed by atoms with Crippen molar-refractivity contribution in [2.24, 2.45) is 5.92 Å². The molecular formula is C9H15O5S-. The summed E-state index contributed by atoms with van der Waals surface area (Å²) in [5, 5.41) is 0. The fraction of sp³-hybridized carbons (Fsp3) is 0.889. The zero-order chi connectivity index (χ0) is 11.5. The molecule has 1 rings (SSSR count). The molecule has 0 bridgehead atoms. The lowest BCUT2D eigenvalue weighted by atomic mass is 9.80. The molecule has 0 saturated heterocycles. The Morgan fingerprint density at radius 2 is 2.00 bits per heavy atom. The fourth-order valence-corrected chi connectivity index (χ4v) is 2.36. The van der Waals surface area contributed by atoms with Crippen LogP contribution in [0.5, 0.6) is 0 Å². The van der Waals surface area contributed by atoms with Gasteiger partial charge in [0.25, 0.3) is 0 Å². The van der Waals surface area contributed by atoms with Gasteiger partial charge in [-0.15, -0.1) is 0 Å². The first-order valence-electron chi connectivity index (χ1n) is 4.87. The van der Waals surface area contributed by atoms with Crippen molar-refractivity contribution in [3.63, 3.8) is 0 Å². The minimum Gasteiger partial charge on any atom is -0.750 e. The smallest absolute Gasteiger partial charge is 0.339 e. The number of esters is 1. The Balaban J connectivity index is 2.77. The van der Waals surface area contributed by atoms with Crippen molar-refractivity contribution in [1.29, 1.82) is 0 Å².